The highest BCUT2D eigenvalue weighted by Crippen LogP contribution is 2.39. The van der Waals surface area contributed by atoms with Gasteiger partial charge >= 0.3 is 0 Å². The Morgan fingerprint density at radius 1 is 1.53 bits per heavy atom. The van der Waals surface area contributed by atoms with Crippen LogP contribution in [-0.2, 0) is 14.4 Å². The first kappa shape index (κ1) is 9.57. The number of carbonyl (C=O) groups is 1. The molecule has 0 saturated carbocycles. The number of nitrogens with one attached hydrogen (secondary N) is 1. The maximum absolute atomic E-state index is 12.3. The fraction of sp³-hybridized carbons (Fsp3) is 0.900. The number of fused-ring (bicyclic) bond motifs is 1. The van der Waals surface area contributed by atoms with Gasteiger partial charge in [0.05, 0.1) is 31.8 Å². The van der Waals surface area contributed by atoms with Crippen LogP contribution in [0.1, 0.15) is 6.42 Å². The summed E-state index contributed by atoms with van der Waals surface area (Å²) in [5.41, 5.74) is -0.343. The van der Waals surface area contributed by atoms with E-state index in [1.165, 1.54) is 5.06 Å². The molecule has 1 amide bonds. The standard InChI is InChI=1S/C10H16N2O3/c13-9(12-2-1-3-15-12)10-6-11-4-8(10)5-14-7-10/h8,11H,1-7H2/t8-,10-/m1/s1. The average Bonchev–Trinajstić information content (AvgIpc) is 2.93. The number of rotatable bonds is 1. The zero-order chi connectivity index (χ0) is 10.3. The molecule has 3 aliphatic rings. The summed E-state index contributed by atoms with van der Waals surface area (Å²) in [5.74, 6) is 0.446. The smallest absolute Gasteiger partial charge is 0.256 e. The van der Waals surface area contributed by atoms with Crippen molar-refractivity contribution in [3.63, 3.8) is 0 Å². The Bertz CT molecular complexity index is 266. The van der Waals surface area contributed by atoms with Crippen LogP contribution in [0.25, 0.3) is 0 Å². The molecule has 3 rings (SSSR count). The summed E-state index contributed by atoms with van der Waals surface area (Å²) in [5, 5.41) is 4.82. The Hall–Kier alpha value is -0.650. The highest BCUT2D eigenvalue weighted by molar-refractivity contribution is 5.83. The molecular weight excluding hydrogens is 196 g/mol. The van der Waals surface area contributed by atoms with E-state index in [1.807, 2.05) is 0 Å². The molecular formula is C10H16N2O3. The third kappa shape index (κ3) is 1.30. The van der Waals surface area contributed by atoms with E-state index in [1.54, 1.807) is 0 Å². The predicted octanol–water partition coefficient (Wildman–Crippen LogP) is -0.614. The van der Waals surface area contributed by atoms with E-state index in [0.717, 1.165) is 26.1 Å². The van der Waals surface area contributed by atoms with Crippen LogP contribution in [0.4, 0.5) is 0 Å². The van der Waals surface area contributed by atoms with Gasteiger partial charge < -0.3 is 10.1 Å². The van der Waals surface area contributed by atoms with E-state index < -0.39 is 0 Å². The lowest BCUT2D eigenvalue weighted by atomic mass is 9.80. The second-order valence-corrected chi connectivity index (χ2v) is 4.59. The average molecular weight is 212 g/mol. The van der Waals surface area contributed by atoms with E-state index in [4.69, 9.17) is 9.57 Å². The fourth-order valence-electron chi connectivity index (χ4n) is 2.75. The first-order chi connectivity index (χ1) is 7.33. The number of hydrogen-bond acceptors (Lipinski definition) is 4. The number of hydroxylamine groups is 2. The van der Waals surface area contributed by atoms with Gasteiger partial charge in [0.2, 0.25) is 0 Å². The Balaban J connectivity index is 1.81. The minimum atomic E-state index is -0.343. The second-order valence-electron chi connectivity index (χ2n) is 4.59. The Morgan fingerprint density at radius 3 is 3.27 bits per heavy atom. The lowest BCUT2D eigenvalue weighted by molar-refractivity contribution is -0.180. The van der Waals surface area contributed by atoms with Crippen molar-refractivity contribution in [3.8, 4) is 0 Å². The summed E-state index contributed by atoms with van der Waals surface area (Å²) in [7, 11) is 0. The molecule has 3 fully saturated rings. The van der Waals surface area contributed by atoms with Crippen molar-refractivity contribution in [2.45, 2.75) is 6.42 Å². The van der Waals surface area contributed by atoms with Crippen molar-refractivity contribution in [2.75, 3.05) is 39.5 Å². The molecule has 3 saturated heterocycles. The van der Waals surface area contributed by atoms with Crippen LogP contribution >= 0.6 is 0 Å². The second kappa shape index (κ2) is 3.43. The summed E-state index contributed by atoms with van der Waals surface area (Å²) in [4.78, 5) is 17.7. The maximum Gasteiger partial charge on any atom is 0.256 e. The van der Waals surface area contributed by atoms with Gasteiger partial charge in [-0.3, -0.25) is 9.63 Å². The van der Waals surface area contributed by atoms with Crippen LogP contribution in [0.15, 0.2) is 0 Å². The summed E-state index contributed by atoms with van der Waals surface area (Å²) in [6, 6.07) is 0. The summed E-state index contributed by atoms with van der Waals surface area (Å²) in [6.07, 6.45) is 0.945. The van der Waals surface area contributed by atoms with E-state index in [9.17, 15) is 4.79 Å². The molecule has 3 heterocycles. The highest BCUT2D eigenvalue weighted by atomic mass is 16.7. The van der Waals surface area contributed by atoms with Crippen LogP contribution < -0.4 is 5.32 Å². The minimum absolute atomic E-state index is 0.118. The number of carbonyl (C=O) groups excluding carboxylic acids is 1. The molecule has 3 aliphatic heterocycles. The van der Waals surface area contributed by atoms with Gasteiger partial charge in [-0.1, -0.05) is 0 Å². The van der Waals surface area contributed by atoms with Crippen LogP contribution in [0, 0.1) is 11.3 Å². The van der Waals surface area contributed by atoms with E-state index in [0.29, 0.717) is 25.7 Å². The lowest BCUT2D eigenvalue weighted by Crippen LogP contribution is -2.47. The molecule has 5 nitrogen and oxygen atoms in total. The van der Waals surface area contributed by atoms with Crippen molar-refractivity contribution in [1.29, 1.82) is 0 Å². The van der Waals surface area contributed by atoms with Crippen LogP contribution in [0.5, 0.6) is 0 Å². The van der Waals surface area contributed by atoms with Crippen molar-refractivity contribution in [3.05, 3.63) is 0 Å². The molecule has 0 bridgehead atoms. The lowest BCUT2D eigenvalue weighted by Gasteiger charge is -2.28. The molecule has 0 aromatic rings. The molecule has 0 spiro atoms. The fourth-order valence-corrected chi connectivity index (χ4v) is 2.75. The first-order valence-corrected chi connectivity index (χ1v) is 5.56. The minimum Gasteiger partial charge on any atom is -0.380 e. The van der Waals surface area contributed by atoms with E-state index in [2.05, 4.69) is 5.32 Å². The van der Waals surface area contributed by atoms with Crippen LogP contribution in [0.2, 0.25) is 0 Å². The maximum atomic E-state index is 12.3. The zero-order valence-electron chi connectivity index (χ0n) is 8.70. The highest BCUT2D eigenvalue weighted by Gasteiger charge is 2.55. The zero-order valence-corrected chi connectivity index (χ0v) is 8.70. The van der Waals surface area contributed by atoms with Gasteiger partial charge in [-0.2, -0.15) is 0 Å². The van der Waals surface area contributed by atoms with Crippen molar-refractivity contribution >= 4 is 5.91 Å². The van der Waals surface area contributed by atoms with Crippen LogP contribution in [-0.4, -0.2) is 50.4 Å². The van der Waals surface area contributed by atoms with E-state index >= 15 is 0 Å². The van der Waals surface area contributed by atoms with E-state index in [-0.39, 0.29) is 11.3 Å². The Morgan fingerprint density at radius 2 is 2.47 bits per heavy atom. The molecule has 5 heteroatoms. The molecule has 2 atom stereocenters. The van der Waals surface area contributed by atoms with Gasteiger partial charge in [0.15, 0.2) is 0 Å². The first-order valence-electron chi connectivity index (χ1n) is 5.56. The third-order valence-corrected chi connectivity index (χ3v) is 3.70. The van der Waals surface area contributed by atoms with Crippen molar-refractivity contribution in [2.24, 2.45) is 11.3 Å². The number of nitrogens with zero attached hydrogens (tertiary/aromatic N) is 1. The topological polar surface area (TPSA) is 50.8 Å². The molecule has 1 N–H and O–H groups in total. The number of hydrogen-bond donors (Lipinski definition) is 1. The number of amides is 1. The Kier molecular flexibility index (Phi) is 2.19. The molecule has 84 valence electrons. The Labute approximate surface area is 88.7 Å². The molecule has 0 unspecified atom stereocenters. The van der Waals surface area contributed by atoms with Gasteiger partial charge in [-0.25, -0.2) is 5.06 Å². The quantitative estimate of drug-likeness (QED) is 0.630. The van der Waals surface area contributed by atoms with Gasteiger partial charge in [0.1, 0.15) is 0 Å². The van der Waals surface area contributed by atoms with Crippen molar-refractivity contribution < 1.29 is 14.4 Å². The van der Waals surface area contributed by atoms with Gasteiger partial charge in [0.25, 0.3) is 5.91 Å². The summed E-state index contributed by atoms with van der Waals surface area (Å²) < 4.78 is 5.45. The summed E-state index contributed by atoms with van der Waals surface area (Å²) in [6.45, 7) is 4.26. The monoisotopic (exact) mass is 212 g/mol. The van der Waals surface area contributed by atoms with Gasteiger partial charge in [-0.05, 0) is 6.42 Å². The molecule has 0 aromatic heterocycles. The van der Waals surface area contributed by atoms with Crippen molar-refractivity contribution in [1.82, 2.24) is 10.4 Å². The van der Waals surface area contributed by atoms with Crippen LogP contribution in [0.3, 0.4) is 0 Å². The summed E-state index contributed by atoms with van der Waals surface area (Å²) >= 11 is 0. The molecule has 0 radical (unpaired) electrons. The number of ether oxygens (including phenoxy) is 1. The third-order valence-electron chi connectivity index (χ3n) is 3.70. The molecule has 15 heavy (non-hydrogen) atoms. The van der Waals surface area contributed by atoms with Gasteiger partial charge in [0, 0.05) is 19.0 Å². The molecule has 0 aromatic carbocycles. The SMILES string of the molecule is O=C(N1CCCO1)[C@@]12CNC[C@@H]1COC2. The largest absolute Gasteiger partial charge is 0.380 e. The normalized spacial score (nSPS) is 39.7. The van der Waals surface area contributed by atoms with Gasteiger partial charge in [-0.15, -0.1) is 0 Å². The predicted molar refractivity (Wildman–Crippen MR) is 51.9 cm³/mol. The molecule has 0 aliphatic carbocycles.